The van der Waals surface area contributed by atoms with Crippen LogP contribution in [0.4, 0.5) is 19.0 Å². The van der Waals surface area contributed by atoms with Gasteiger partial charge < -0.3 is 10.2 Å². The van der Waals surface area contributed by atoms with Crippen molar-refractivity contribution in [3.05, 3.63) is 22.3 Å². The smallest absolute Gasteiger partial charge is 0.358 e. The number of piperidine rings is 1. The molecular weight excluding hydrogens is 335 g/mol. The van der Waals surface area contributed by atoms with E-state index in [1.807, 2.05) is 0 Å². The van der Waals surface area contributed by atoms with E-state index in [9.17, 15) is 13.2 Å². The van der Waals surface area contributed by atoms with Crippen LogP contribution < -0.4 is 10.2 Å². The van der Waals surface area contributed by atoms with E-state index in [2.05, 4.69) is 26.2 Å². The van der Waals surface area contributed by atoms with Crippen molar-refractivity contribution in [2.45, 2.75) is 31.5 Å². The molecule has 2 rings (SSSR count). The summed E-state index contributed by atoms with van der Waals surface area (Å²) in [6, 6.07) is 1.30. The number of alkyl halides is 3. The van der Waals surface area contributed by atoms with E-state index in [1.165, 1.54) is 6.20 Å². The van der Waals surface area contributed by atoms with Crippen LogP contribution in [-0.2, 0) is 6.18 Å². The summed E-state index contributed by atoms with van der Waals surface area (Å²) in [5.41, 5.74) is -0.704. The van der Waals surface area contributed by atoms with E-state index in [-0.39, 0.29) is 11.9 Å². The van der Waals surface area contributed by atoms with Gasteiger partial charge in [0.1, 0.15) is 5.82 Å². The average Bonchev–Trinajstić information content (AvgIpc) is 2.38. The highest BCUT2D eigenvalue weighted by molar-refractivity contribution is 9.10. The first-order valence-corrected chi connectivity index (χ1v) is 7.34. The second-order valence-electron chi connectivity index (χ2n) is 5.05. The summed E-state index contributed by atoms with van der Waals surface area (Å²) in [4.78, 5) is 5.52. The Morgan fingerprint density at radius 1 is 1.45 bits per heavy atom. The van der Waals surface area contributed by atoms with Crippen LogP contribution in [0.25, 0.3) is 0 Å². The zero-order chi connectivity index (χ0) is 14.8. The molecule has 1 N–H and O–H groups in total. The summed E-state index contributed by atoms with van der Waals surface area (Å²) < 4.78 is 39.5. The lowest BCUT2D eigenvalue weighted by molar-refractivity contribution is -0.137. The molecule has 1 atom stereocenters. The fraction of sp³-hybridized carbons (Fsp3) is 0.615. The Bertz CT molecular complexity index is 459. The first-order chi connectivity index (χ1) is 9.38. The van der Waals surface area contributed by atoms with E-state index in [0.717, 1.165) is 31.9 Å². The Hall–Kier alpha value is -0.820. The molecule has 1 aromatic heterocycles. The normalized spacial score (nSPS) is 19.9. The highest BCUT2D eigenvalue weighted by Gasteiger charge is 2.36. The maximum absolute atomic E-state index is 13.1. The first kappa shape index (κ1) is 15.6. The number of likely N-dealkylation sites (N-methyl/N-ethyl adjacent to an activating group) is 1. The van der Waals surface area contributed by atoms with Gasteiger partial charge in [0, 0.05) is 30.3 Å². The molecule has 1 aliphatic heterocycles. The summed E-state index contributed by atoms with van der Waals surface area (Å²) >= 11 is 3.04. The van der Waals surface area contributed by atoms with Gasteiger partial charge in [0.05, 0.1) is 5.56 Å². The lowest BCUT2D eigenvalue weighted by atomic mass is 10.0. The van der Waals surface area contributed by atoms with Crippen LogP contribution in [0.2, 0.25) is 0 Å². The van der Waals surface area contributed by atoms with E-state index in [4.69, 9.17) is 0 Å². The van der Waals surface area contributed by atoms with Crippen molar-refractivity contribution in [1.29, 1.82) is 0 Å². The van der Waals surface area contributed by atoms with Crippen LogP contribution in [0.1, 0.15) is 24.8 Å². The summed E-state index contributed by atoms with van der Waals surface area (Å²) in [5, 5.41) is 3.33. The fourth-order valence-electron chi connectivity index (χ4n) is 2.44. The lowest BCUT2D eigenvalue weighted by Gasteiger charge is -2.30. The van der Waals surface area contributed by atoms with Gasteiger partial charge in [0.25, 0.3) is 0 Å². The van der Waals surface area contributed by atoms with Crippen molar-refractivity contribution < 1.29 is 13.2 Å². The minimum atomic E-state index is -4.40. The summed E-state index contributed by atoms with van der Waals surface area (Å²) in [6.07, 6.45) is 0.230. The van der Waals surface area contributed by atoms with E-state index < -0.39 is 11.7 Å². The first-order valence-electron chi connectivity index (χ1n) is 6.55. The van der Waals surface area contributed by atoms with Gasteiger partial charge in [-0.3, -0.25) is 0 Å². The van der Waals surface area contributed by atoms with Crippen LogP contribution >= 0.6 is 15.9 Å². The van der Waals surface area contributed by atoms with Crippen LogP contribution in [0.3, 0.4) is 0 Å². The molecule has 1 saturated heterocycles. The van der Waals surface area contributed by atoms with Crippen LogP contribution in [0.5, 0.6) is 0 Å². The molecule has 0 aliphatic carbocycles. The van der Waals surface area contributed by atoms with Crippen molar-refractivity contribution in [3.8, 4) is 0 Å². The molecule has 0 amide bonds. The molecule has 3 nitrogen and oxygen atoms in total. The molecule has 0 bridgehead atoms. The maximum atomic E-state index is 13.1. The third-order valence-electron chi connectivity index (χ3n) is 3.41. The lowest BCUT2D eigenvalue weighted by Crippen LogP contribution is -2.43. The van der Waals surface area contributed by atoms with Gasteiger partial charge >= 0.3 is 6.18 Å². The monoisotopic (exact) mass is 351 g/mol. The summed E-state index contributed by atoms with van der Waals surface area (Å²) in [5.74, 6) is -0.0203. The quantitative estimate of drug-likeness (QED) is 0.903. The number of anilines is 1. The van der Waals surface area contributed by atoms with Gasteiger partial charge in [-0.05, 0) is 41.4 Å². The number of rotatable bonds is 3. The molecule has 7 heteroatoms. The Labute approximate surface area is 124 Å². The molecule has 2 heterocycles. The second-order valence-corrected chi connectivity index (χ2v) is 5.97. The number of nitrogens with one attached hydrogen (secondary N) is 1. The molecule has 1 fully saturated rings. The van der Waals surface area contributed by atoms with Crippen molar-refractivity contribution in [2.24, 2.45) is 0 Å². The molecule has 20 heavy (non-hydrogen) atoms. The van der Waals surface area contributed by atoms with Gasteiger partial charge in [-0.15, -0.1) is 0 Å². The Morgan fingerprint density at radius 2 is 2.20 bits per heavy atom. The third kappa shape index (κ3) is 3.85. The van der Waals surface area contributed by atoms with Crippen LogP contribution in [0.15, 0.2) is 16.7 Å². The minimum absolute atomic E-state index is 0.0203. The fourth-order valence-corrected chi connectivity index (χ4v) is 2.77. The molecule has 1 unspecified atom stereocenters. The zero-order valence-corrected chi connectivity index (χ0v) is 12.8. The molecule has 1 aliphatic rings. The highest BCUT2D eigenvalue weighted by Crippen LogP contribution is 2.36. The Morgan fingerprint density at radius 3 is 2.80 bits per heavy atom. The zero-order valence-electron chi connectivity index (χ0n) is 11.2. The van der Waals surface area contributed by atoms with E-state index >= 15 is 0 Å². The molecule has 112 valence electrons. The van der Waals surface area contributed by atoms with Gasteiger partial charge in [-0.25, -0.2) is 4.98 Å². The van der Waals surface area contributed by atoms with Gasteiger partial charge in [-0.1, -0.05) is 6.42 Å². The van der Waals surface area contributed by atoms with Gasteiger partial charge in [0.15, 0.2) is 0 Å². The number of halogens is 4. The number of hydrogen-bond donors (Lipinski definition) is 1. The Kier molecular flexibility index (Phi) is 4.90. The van der Waals surface area contributed by atoms with Crippen molar-refractivity contribution in [3.63, 3.8) is 0 Å². The number of aromatic nitrogens is 1. The predicted molar refractivity (Wildman–Crippen MR) is 75.9 cm³/mol. The number of pyridine rings is 1. The standard InChI is InChI=1S/C13H17BrF3N3/c1-20(8-10-4-2-3-5-18-10)12-11(13(15,16)17)6-9(14)7-19-12/h6-7,10,18H,2-5,8H2,1H3. The predicted octanol–water partition coefficient (Wildman–Crippen LogP) is 3.44. The van der Waals surface area contributed by atoms with Crippen molar-refractivity contribution in [1.82, 2.24) is 10.3 Å². The Balaban J connectivity index is 2.18. The summed E-state index contributed by atoms with van der Waals surface area (Å²) in [7, 11) is 1.65. The average molecular weight is 352 g/mol. The highest BCUT2D eigenvalue weighted by atomic mass is 79.9. The third-order valence-corrected chi connectivity index (χ3v) is 3.84. The van der Waals surface area contributed by atoms with E-state index in [1.54, 1.807) is 11.9 Å². The molecule has 0 radical (unpaired) electrons. The van der Waals surface area contributed by atoms with Gasteiger partial charge in [-0.2, -0.15) is 13.2 Å². The second kappa shape index (κ2) is 6.30. The molecule has 1 aromatic rings. The molecule has 0 aromatic carbocycles. The number of hydrogen-bond acceptors (Lipinski definition) is 3. The SMILES string of the molecule is CN(CC1CCCCN1)c1ncc(Br)cc1C(F)(F)F. The topological polar surface area (TPSA) is 28.2 Å². The molecular formula is C13H17BrF3N3. The van der Waals surface area contributed by atoms with Gasteiger partial charge in [0.2, 0.25) is 0 Å². The van der Waals surface area contributed by atoms with E-state index in [0.29, 0.717) is 11.0 Å². The molecule has 0 saturated carbocycles. The van der Waals surface area contributed by atoms with Crippen LogP contribution in [0, 0.1) is 0 Å². The summed E-state index contributed by atoms with van der Waals surface area (Å²) in [6.45, 7) is 1.45. The van der Waals surface area contributed by atoms with Crippen LogP contribution in [-0.4, -0.2) is 31.2 Å². The van der Waals surface area contributed by atoms with Crippen molar-refractivity contribution in [2.75, 3.05) is 25.0 Å². The maximum Gasteiger partial charge on any atom is 0.419 e. The number of nitrogens with zero attached hydrogens (tertiary/aromatic N) is 2. The largest absolute Gasteiger partial charge is 0.419 e. The van der Waals surface area contributed by atoms with Crippen molar-refractivity contribution >= 4 is 21.7 Å². The minimum Gasteiger partial charge on any atom is -0.358 e. The molecule has 0 spiro atoms.